The first-order valence-corrected chi connectivity index (χ1v) is 10.3. The molecule has 3 aliphatic rings. The van der Waals surface area contributed by atoms with E-state index in [9.17, 15) is 0 Å². The summed E-state index contributed by atoms with van der Waals surface area (Å²) in [6, 6.07) is 1.68. The molecule has 7 heteroatoms. The molecule has 6 nitrogen and oxygen atoms in total. The second-order valence-corrected chi connectivity index (χ2v) is 7.84. The van der Waals surface area contributed by atoms with Crippen molar-refractivity contribution in [1.82, 2.24) is 20.0 Å². The average molecular weight is 479 g/mol. The van der Waals surface area contributed by atoms with Crippen LogP contribution in [0.4, 0.5) is 0 Å². The van der Waals surface area contributed by atoms with E-state index in [0.29, 0.717) is 12.1 Å². The number of hydrogen-bond donors (Lipinski definition) is 1. The Morgan fingerprint density at radius 3 is 2.69 bits per heavy atom. The molecule has 1 N–H and O–H groups in total. The monoisotopic (exact) mass is 479 g/mol. The van der Waals surface area contributed by atoms with Crippen LogP contribution in [0.3, 0.4) is 0 Å². The van der Waals surface area contributed by atoms with Gasteiger partial charge in [-0.1, -0.05) is 0 Å². The summed E-state index contributed by atoms with van der Waals surface area (Å²) in [6.07, 6.45) is 4.03. The molecule has 0 aromatic carbocycles. The molecule has 0 spiro atoms. The number of guanidine groups is 1. The fourth-order valence-electron chi connectivity index (χ4n) is 4.48. The van der Waals surface area contributed by atoms with Crippen molar-refractivity contribution in [3.05, 3.63) is 0 Å². The normalized spacial score (nSPS) is 29.7. The Kier molecular flexibility index (Phi) is 9.40. The molecule has 0 radical (unpaired) electrons. The molecule has 0 aromatic rings. The Balaban J connectivity index is 0.00000243. The summed E-state index contributed by atoms with van der Waals surface area (Å²) < 4.78 is 5.57. The van der Waals surface area contributed by atoms with E-state index in [-0.39, 0.29) is 24.0 Å². The molecule has 0 saturated carbocycles. The second-order valence-electron chi connectivity index (χ2n) is 7.84. The molecule has 26 heavy (non-hydrogen) atoms. The second kappa shape index (κ2) is 11.0. The van der Waals surface area contributed by atoms with Gasteiger partial charge in [-0.25, -0.2) is 0 Å². The number of nitrogens with one attached hydrogen (secondary N) is 1. The highest BCUT2D eigenvalue weighted by atomic mass is 127. The highest BCUT2D eigenvalue weighted by molar-refractivity contribution is 14.0. The van der Waals surface area contributed by atoms with Crippen LogP contribution in [0.15, 0.2) is 4.99 Å². The molecule has 152 valence electrons. The van der Waals surface area contributed by atoms with Gasteiger partial charge >= 0.3 is 0 Å². The van der Waals surface area contributed by atoms with Gasteiger partial charge in [-0.15, -0.1) is 24.0 Å². The van der Waals surface area contributed by atoms with Crippen molar-refractivity contribution >= 4 is 29.9 Å². The average Bonchev–Trinajstić information content (AvgIpc) is 3.29. The van der Waals surface area contributed by atoms with Gasteiger partial charge in [0, 0.05) is 44.3 Å². The first kappa shape index (κ1) is 22.2. The Hall–Kier alpha value is -0.120. The van der Waals surface area contributed by atoms with Gasteiger partial charge in [-0.05, 0) is 53.1 Å². The first-order valence-electron chi connectivity index (χ1n) is 10.3. The molecule has 3 atom stereocenters. The van der Waals surface area contributed by atoms with Gasteiger partial charge in [0.1, 0.15) is 0 Å². The minimum Gasteiger partial charge on any atom is -0.379 e. The van der Waals surface area contributed by atoms with Crippen LogP contribution >= 0.6 is 24.0 Å². The fourth-order valence-corrected chi connectivity index (χ4v) is 4.48. The van der Waals surface area contributed by atoms with Crippen molar-refractivity contribution in [3.8, 4) is 0 Å². The Bertz CT molecular complexity index is 444. The molecule has 3 heterocycles. The van der Waals surface area contributed by atoms with Crippen LogP contribution in [0.25, 0.3) is 0 Å². The van der Waals surface area contributed by atoms with Crippen LogP contribution < -0.4 is 5.32 Å². The standard InChI is InChI=1S/C19H37N5O.HI/c1-4-20-19(21-13-16(2)24-11-12-25-15-17(24)3)23-10-7-18(14-23)22-8-5-6-9-22;/h16-18H,4-15H2,1-3H3,(H,20,21);1H. The zero-order valence-electron chi connectivity index (χ0n) is 16.8. The van der Waals surface area contributed by atoms with Gasteiger partial charge in [0.05, 0.1) is 19.8 Å². The van der Waals surface area contributed by atoms with Crippen molar-refractivity contribution in [2.45, 2.75) is 58.2 Å². The van der Waals surface area contributed by atoms with Crippen molar-refractivity contribution in [2.75, 3.05) is 59.0 Å². The van der Waals surface area contributed by atoms with Crippen LogP contribution in [0.2, 0.25) is 0 Å². The van der Waals surface area contributed by atoms with Crippen LogP contribution in [-0.4, -0.2) is 97.8 Å². The van der Waals surface area contributed by atoms with Crippen molar-refractivity contribution in [3.63, 3.8) is 0 Å². The summed E-state index contributed by atoms with van der Waals surface area (Å²) >= 11 is 0. The zero-order valence-corrected chi connectivity index (χ0v) is 19.2. The third kappa shape index (κ3) is 5.69. The molecule has 0 bridgehead atoms. The lowest BCUT2D eigenvalue weighted by Crippen LogP contribution is -2.50. The quantitative estimate of drug-likeness (QED) is 0.371. The summed E-state index contributed by atoms with van der Waals surface area (Å²) in [5, 5.41) is 3.52. The van der Waals surface area contributed by atoms with E-state index in [1.165, 1.54) is 32.4 Å². The van der Waals surface area contributed by atoms with E-state index < -0.39 is 0 Å². The largest absolute Gasteiger partial charge is 0.379 e. The van der Waals surface area contributed by atoms with Crippen molar-refractivity contribution < 1.29 is 4.74 Å². The number of halogens is 1. The van der Waals surface area contributed by atoms with E-state index in [0.717, 1.165) is 57.9 Å². The number of aliphatic imine (C=N–C) groups is 1. The molecule has 3 saturated heterocycles. The Morgan fingerprint density at radius 2 is 2.00 bits per heavy atom. The summed E-state index contributed by atoms with van der Waals surface area (Å²) in [6.45, 7) is 16.1. The highest BCUT2D eigenvalue weighted by Gasteiger charge is 2.31. The number of likely N-dealkylation sites (tertiary alicyclic amines) is 2. The summed E-state index contributed by atoms with van der Waals surface area (Å²) in [4.78, 5) is 12.7. The molecule has 0 aliphatic carbocycles. The molecular formula is C19H38IN5O. The lowest BCUT2D eigenvalue weighted by Gasteiger charge is -2.37. The van der Waals surface area contributed by atoms with E-state index in [1.54, 1.807) is 0 Å². The molecule has 3 fully saturated rings. The van der Waals surface area contributed by atoms with Crippen molar-refractivity contribution in [2.24, 2.45) is 4.99 Å². The van der Waals surface area contributed by atoms with Crippen LogP contribution in [0.1, 0.15) is 40.0 Å². The molecule has 3 aliphatic heterocycles. The van der Waals surface area contributed by atoms with Crippen LogP contribution in [0, 0.1) is 0 Å². The maximum Gasteiger partial charge on any atom is 0.194 e. The van der Waals surface area contributed by atoms with Gasteiger partial charge in [-0.2, -0.15) is 0 Å². The zero-order chi connectivity index (χ0) is 17.6. The predicted molar refractivity (Wildman–Crippen MR) is 119 cm³/mol. The third-order valence-corrected chi connectivity index (χ3v) is 5.95. The molecule has 3 unspecified atom stereocenters. The van der Waals surface area contributed by atoms with E-state index in [4.69, 9.17) is 9.73 Å². The Morgan fingerprint density at radius 1 is 1.23 bits per heavy atom. The number of morpholine rings is 1. The maximum absolute atomic E-state index is 5.57. The lowest BCUT2D eigenvalue weighted by atomic mass is 10.2. The lowest BCUT2D eigenvalue weighted by molar-refractivity contribution is -0.0166. The smallest absolute Gasteiger partial charge is 0.194 e. The minimum absolute atomic E-state index is 0. The number of ether oxygens (including phenoxy) is 1. The third-order valence-electron chi connectivity index (χ3n) is 5.95. The number of rotatable bonds is 5. The highest BCUT2D eigenvalue weighted by Crippen LogP contribution is 2.20. The summed E-state index contributed by atoms with van der Waals surface area (Å²) in [5.41, 5.74) is 0. The van der Waals surface area contributed by atoms with E-state index >= 15 is 0 Å². The molecular weight excluding hydrogens is 441 g/mol. The predicted octanol–water partition coefficient (Wildman–Crippen LogP) is 1.85. The van der Waals surface area contributed by atoms with Gasteiger partial charge in [0.2, 0.25) is 0 Å². The van der Waals surface area contributed by atoms with Gasteiger partial charge < -0.3 is 15.0 Å². The molecule has 0 amide bonds. The van der Waals surface area contributed by atoms with E-state index in [2.05, 4.69) is 40.8 Å². The van der Waals surface area contributed by atoms with Crippen LogP contribution in [-0.2, 0) is 4.74 Å². The summed E-state index contributed by atoms with van der Waals surface area (Å²) in [5.74, 6) is 1.11. The van der Waals surface area contributed by atoms with E-state index in [1.807, 2.05) is 0 Å². The van der Waals surface area contributed by atoms with Gasteiger partial charge in [0.25, 0.3) is 0 Å². The topological polar surface area (TPSA) is 43.3 Å². The number of hydrogen-bond acceptors (Lipinski definition) is 4. The minimum atomic E-state index is 0. The number of nitrogens with zero attached hydrogens (tertiary/aromatic N) is 4. The Labute approximate surface area is 176 Å². The van der Waals surface area contributed by atoms with Crippen molar-refractivity contribution in [1.29, 1.82) is 0 Å². The maximum atomic E-state index is 5.57. The SMILES string of the molecule is CCNC(=NCC(C)N1CCOCC1C)N1CCC(N2CCCC2)C1.I. The van der Waals surface area contributed by atoms with Crippen LogP contribution in [0.5, 0.6) is 0 Å². The first-order chi connectivity index (χ1) is 12.2. The molecule has 0 aromatic heterocycles. The van der Waals surface area contributed by atoms with Gasteiger partial charge in [0.15, 0.2) is 5.96 Å². The van der Waals surface area contributed by atoms with Gasteiger partial charge in [-0.3, -0.25) is 14.8 Å². The fraction of sp³-hybridized carbons (Fsp3) is 0.947. The summed E-state index contributed by atoms with van der Waals surface area (Å²) in [7, 11) is 0. The molecule has 3 rings (SSSR count).